The van der Waals surface area contributed by atoms with E-state index in [1.165, 1.54) is 38.5 Å². The molecule has 1 aromatic rings. The van der Waals surface area contributed by atoms with Gasteiger partial charge >= 0.3 is 6.61 Å². The average Bonchev–Trinajstić information content (AvgIpc) is 2.67. The lowest BCUT2D eigenvalue weighted by molar-refractivity contribution is -0.0498. The molecular formula is C23H34F2O2. The first-order valence-electron chi connectivity index (χ1n) is 10.5. The minimum Gasteiger partial charge on any atom is -0.435 e. The van der Waals surface area contributed by atoms with Crippen molar-refractivity contribution in [2.24, 2.45) is 5.92 Å². The Morgan fingerprint density at radius 2 is 1.63 bits per heavy atom. The van der Waals surface area contributed by atoms with Crippen LogP contribution < -0.4 is 4.74 Å². The maximum atomic E-state index is 12.2. The van der Waals surface area contributed by atoms with Crippen molar-refractivity contribution < 1.29 is 18.3 Å². The van der Waals surface area contributed by atoms with E-state index < -0.39 is 6.61 Å². The number of halogens is 2. The molecular weight excluding hydrogens is 346 g/mol. The lowest BCUT2D eigenvalue weighted by atomic mass is 9.87. The van der Waals surface area contributed by atoms with Crippen molar-refractivity contribution in [3.63, 3.8) is 0 Å². The predicted molar refractivity (Wildman–Crippen MR) is 107 cm³/mol. The summed E-state index contributed by atoms with van der Waals surface area (Å²) in [5.41, 5.74) is 1.01. The summed E-state index contributed by atoms with van der Waals surface area (Å²) in [6.07, 6.45) is 17.1. The standard InChI is InChI=1S/C23H34F2O2/c1-2-3-4-5-6-7-18-26-21-14-10-19(11-15-21)8-9-20-12-16-22(17-13-20)27-23(24)25/h8-9,12-13,16-17,19,21,23H,2-7,10-11,14-15,18H2,1H3. The lowest BCUT2D eigenvalue weighted by Gasteiger charge is -2.27. The van der Waals surface area contributed by atoms with Crippen LogP contribution in [-0.2, 0) is 4.74 Å². The molecule has 2 rings (SSSR count). The fraction of sp³-hybridized carbons (Fsp3) is 0.652. The third-order valence-corrected chi connectivity index (χ3v) is 5.24. The molecule has 0 N–H and O–H groups in total. The molecule has 0 unspecified atom stereocenters. The highest BCUT2D eigenvalue weighted by Gasteiger charge is 2.19. The number of allylic oxidation sites excluding steroid dienone is 1. The first kappa shape index (κ1) is 21.9. The van der Waals surface area contributed by atoms with Crippen LogP contribution in [0.1, 0.15) is 76.7 Å². The van der Waals surface area contributed by atoms with Crippen LogP contribution in [0.4, 0.5) is 8.78 Å². The highest BCUT2D eigenvalue weighted by molar-refractivity contribution is 5.50. The second-order valence-corrected chi connectivity index (χ2v) is 7.48. The molecule has 0 saturated heterocycles. The summed E-state index contributed by atoms with van der Waals surface area (Å²) in [7, 11) is 0. The van der Waals surface area contributed by atoms with E-state index in [4.69, 9.17) is 4.74 Å². The Morgan fingerprint density at radius 3 is 2.30 bits per heavy atom. The van der Waals surface area contributed by atoms with Gasteiger partial charge in [-0.3, -0.25) is 0 Å². The monoisotopic (exact) mass is 380 g/mol. The normalized spacial score (nSPS) is 20.4. The molecule has 1 aliphatic carbocycles. The molecule has 0 aliphatic heterocycles. The molecule has 1 aliphatic rings. The fourth-order valence-corrected chi connectivity index (χ4v) is 3.59. The van der Waals surface area contributed by atoms with Crippen LogP contribution in [0.15, 0.2) is 30.3 Å². The van der Waals surface area contributed by atoms with Crippen molar-refractivity contribution in [1.29, 1.82) is 0 Å². The van der Waals surface area contributed by atoms with Crippen LogP contribution in [0, 0.1) is 5.92 Å². The first-order chi connectivity index (χ1) is 13.2. The van der Waals surface area contributed by atoms with E-state index in [0.29, 0.717) is 12.0 Å². The Labute approximate surface area is 162 Å². The second kappa shape index (κ2) is 12.9. The van der Waals surface area contributed by atoms with Crippen LogP contribution in [-0.4, -0.2) is 19.3 Å². The van der Waals surface area contributed by atoms with Crippen LogP contribution >= 0.6 is 0 Å². The molecule has 0 amide bonds. The van der Waals surface area contributed by atoms with Crippen molar-refractivity contribution in [3.8, 4) is 5.75 Å². The summed E-state index contributed by atoms with van der Waals surface area (Å²) in [6, 6.07) is 6.78. The van der Waals surface area contributed by atoms with Gasteiger partial charge < -0.3 is 9.47 Å². The van der Waals surface area contributed by atoms with Gasteiger partial charge in [0, 0.05) is 6.61 Å². The zero-order chi connectivity index (χ0) is 19.3. The Morgan fingerprint density at radius 1 is 0.963 bits per heavy atom. The van der Waals surface area contributed by atoms with Crippen molar-refractivity contribution >= 4 is 6.08 Å². The number of alkyl halides is 2. The summed E-state index contributed by atoms with van der Waals surface area (Å²) >= 11 is 0. The maximum Gasteiger partial charge on any atom is 0.387 e. The molecule has 1 saturated carbocycles. The molecule has 0 spiro atoms. The van der Waals surface area contributed by atoms with Crippen molar-refractivity contribution in [2.45, 2.75) is 83.8 Å². The topological polar surface area (TPSA) is 18.5 Å². The van der Waals surface area contributed by atoms with Gasteiger partial charge in [-0.2, -0.15) is 8.78 Å². The number of ether oxygens (including phenoxy) is 2. The Hall–Kier alpha value is -1.42. The van der Waals surface area contributed by atoms with Crippen molar-refractivity contribution in [2.75, 3.05) is 6.61 Å². The molecule has 0 aromatic heterocycles. The third-order valence-electron chi connectivity index (χ3n) is 5.24. The van der Waals surface area contributed by atoms with Crippen LogP contribution in [0.25, 0.3) is 6.08 Å². The molecule has 4 heteroatoms. The van der Waals surface area contributed by atoms with E-state index in [0.717, 1.165) is 37.9 Å². The van der Waals surface area contributed by atoms with E-state index in [1.54, 1.807) is 12.1 Å². The van der Waals surface area contributed by atoms with E-state index >= 15 is 0 Å². The number of hydrogen-bond acceptors (Lipinski definition) is 2. The largest absolute Gasteiger partial charge is 0.435 e. The van der Waals surface area contributed by atoms with Gasteiger partial charge in [0.2, 0.25) is 0 Å². The number of unbranched alkanes of at least 4 members (excludes halogenated alkanes) is 5. The zero-order valence-electron chi connectivity index (χ0n) is 16.5. The molecule has 152 valence electrons. The van der Waals surface area contributed by atoms with Crippen LogP contribution in [0.5, 0.6) is 5.75 Å². The average molecular weight is 381 g/mol. The van der Waals surface area contributed by atoms with E-state index in [-0.39, 0.29) is 5.75 Å². The quantitative estimate of drug-likeness (QED) is 0.356. The van der Waals surface area contributed by atoms with Crippen LogP contribution in [0.2, 0.25) is 0 Å². The van der Waals surface area contributed by atoms with Gasteiger partial charge in [0.1, 0.15) is 5.75 Å². The Bertz CT molecular complexity index is 520. The maximum absolute atomic E-state index is 12.2. The van der Waals surface area contributed by atoms with Crippen molar-refractivity contribution in [1.82, 2.24) is 0 Å². The molecule has 0 heterocycles. The van der Waals surface area contributed by atoms with Gasteiger partial charge in [0.05, 0.1) is 6.10 Å². The molecule has 1 aromatic carbocycles. The number of benzene rings is 1. The first-order valence-corrected chi connectivity index (χ1v) is 10.5. The van der Waals surface area contributed by atoms with Crippen LogP contribution in [0.3, 0.4) is 0 Å². The predicted octanol–water partition coefficient (Wildman–Crippen LogP) is 7.24. The Kier molecular flexibility index (Phi) is 10.4. The number of rotatable bonds is 12. The molecule has 0 radical (unpaired) electrons. The van der Waals surface area contributed by atoms with E-state index in [9.17, 15) is 8.78 Å². The minimum atomic E-state index is -2.77. The number of hydrogen-bond donors (Lipinski definition) is 0. The van der Waals surface area contributed by atoms with Gasteiger partial charge in [0.15, 0.2) is 0 Å². The highest BCUT2D eigenvalue weighted by atomic mass is 19.3. The van der Waals surface area contributed by atoms with Gasteiger partial charge in [0.25, 0.3) is 0 Å². The fourth-order valence-electron chi connectivity index (χ4n) is 3.59. The Balaban J connectivity index is 1.59. The molecule has 1 fully saturated rings. The van der Waals surface area contributed by atoms with Gasteiger partial charge in [-0.15, -0.1) is 0 Å². The second-order valence-electron chi connectivity index (χ2n) is 7.48. The lowest BCUT2D eigenvalue weighted by Crippen LogP contribution is -2.21. The summed E-state index contributed by atoms with van der Waals surface area (Å²) in [4.78, 5) is 0. The van der Waals surface area contributed by atoms with Crippen molar-refractivity contribution in [3.05, 3.63) is 35.9 Å². The third kappa shape index (κ3) is 9.37. The molecule has 0 atom stereocenters. The highest BCUT2D eigenvalue weighted by Crippen LogP contribution is 2.28. The summed E-state index contributed by atoms with van der Waals surface area (Å²) in [5.74, 6) is 0.779. The molecule has 2 nitrogen and oxygen atoms in total. The SMILES string of the molecule is CCCCCCCCOC1CCC(C=Cc2ccc(OC(F)F)cc2)CC1. The smallest absolute Gasteiger partial charge is 0.387 e. The minimum absolute atomic E-state index is 0.199. The zero-order valence-corrected chi connectivity index (χ0v) is 16.5. The van der Waals surface area contributed by atoms with E-state index in [2.05, 4.69) is 23.8 Å². The molecule has 27 heavy (non-hydrogen) atoms. The van der Waals surface area contributed by atoms with Gasteiger partial charge in [-0.1, -0.05) is 63.3 Å². The van der Waals surface area contributed by atoms with Gasteiger partial charge in [-0.25, -0.2) is 0 Å². The molecule has 0 bridgehead atoms. The summed E-state index contributed by atoms with van der Waals surface area (Å²) < 4.78 is 34.7. The van der Waals surface area contributed by atoms with E-state index in [1.807, 2.05) is 12.1 Å². The van der Waals surface area contributed by atoms with Gasteiger partial charge in [-0.05, 0) is 55.7 Å². The summed E-state index contributed by atoms with van der Waals surface area (Å²) in [5, 5.41) is 0. The summed E-state index contributed by atoms with van der Waals surface area (Å²) in [6.45, 7) is 0.380.